The van der Waals surface area contributed by atoms with E-state index in [2.05, 4.69) is 67.6 Å². The number of phenolic OH excluding ortho intramolecular Hbond substituents is 2. The Labute approximate surface area is 192 Å². The van der Waals surface area contributed by atoms with E-state index in [1.165, 1.54) is 37.9 Å². The van der Waals surface area contributed by atoms with Gasteiger partial charge >= 0.3 is 0 Å². The zero-order chi connectivity index (χ0) is 22.7. The molecule has 0 heterocycles. The van der Waals surface area contributed by atoms with Gasteiger partial charge in [0.05, 0.1) is 0 Å². The Hall–Kier alpha value is -4.04. The smallest absolute Gasteiger partial charge is 0.126 e. The molecule has 6 rings (SSSR count). The Balaban J connectivity index is 1.58. The number of aromatic hydroxyl groups is 2. The first-order chi connectivity index (χ1) is 16.0. The minimum atomic E-state index is 0.110. The summed E-state index contributed by atoms with van der Waals surface area (Å²) < 4.78 is 0. The Morgan fingerprint density at radius 2 is 1.30 bits per heavy atom. The zero-order valence-corrected chi connectivity index (χ0v) is 18.6. The molecule has 0 fully saturated rings. The van der Waals surface area contributed by atoms with Crippen LogP contribution in [0.5, 0.6) is 11.5 Å². The SMILES string of the molecule is Cc1cc(C(C)c2ccc3ccc4cccc5ccc2c3c45)cc(-c2ccccc2O)c1O. The van der Waals surface area contributed by atoms with Crippen LogP contribution in [-0.2, 0) is 0 Å². The molecule has 0 aromatic heterocycles. The van der Waals surface area contributed by atoms with E-state index in [9.17, 15) is 10.2 Å². The van der Waals surface area contributed by atoms with Gasteiger partial charge in [-0.15, -0.1) is 0 Å². The average molecular weight is 429 g/mol. The van der Waals surface area contributed by atoms with E-state index in [1.807, 2.05) is 25.1 Å². The molecule has 0 spiro atoms. The molecule has 0 bridgehead atoms. The lowest BCUT2D eigenvalue weighted by Crippen LogP contribution is -2.00. The molecule has 1 unspecified atom stereocenters. The number of benzene rings is 6. The number of phenols is 2. The monoisotopic (exact) mass is 428 g/mol. The summed E-state index contributed by atoms with van der Waals surface area (Å²) in [6.07, 6.45) is 0. The summed E-state index contributed by atoms with van der Waals surface area (Å²) in [6, 6.07) is 31.0. The summed E-state index contributed by atoms with van der Waals surface area (Å²) in [6.45, 7) is 4.13. The van der Waals surface area contributed by atoms with Gasteiger partial charge in [-0.3, -0.25) is 0 Å². The van der Waals surface area contributed by atoms with Crippen LogP contribution in [0, 0.1) is 6.92 Å². The summed E-state index contributed by atoms with van der Waals surface area (Å²) in [5.74, 6) is 0.487. The Morgan fingerprint density at radius 3 is 2.06 bits per heavy atom. The van der Waals surface area contributed by atoms with Crippen molar-refractivity contribution in [3.63, 3.8) is 0 Å². The fourth-order valence-electron chi connectivity index (χ4n) is 5.28. The third-order valence-electron chi connectivity index (χ3n) is 7.05. The predicted molar refractivity (Wildman–Crippen MR) is 138 cm³/mol. The van der Waals surface area contributed by atoms with Gasteiger partial charge in [-0.1, -0.05) is 85.8 Å². The summed E-state index contributed by atoms with van der Waals surface area (Å²) >= 11 is 0. The summed E-state index contributed by atoms with van der Waals surface area (Å²) in [5.41, 5.74) is 4.47. The van der Waals surface area contributed by atoms with Crippen molar-refractivity contribution in [1.29, 1.82) is 0 Å². The second kappa shape index (κ2) is 7.25. The third-order valence-corrected chi connectivity index (χ3v) is 7.05. The van der Waals surface area contributed by atoms with Gasteiger partial charge < -0.3 is 10.2 Å². The van der Waals surface area contributed by atoms with E-state index in [4.69, 9.17) is 0 Å². The lowest BCUT2D eigenvalue weighted by Gasteiger charge is -2.20. The Bertz CT molecular complexity index is 1650. The van der Waals surface area contributed by atoms with Crippen molar-refractivity contribution >= 4 is 32.3 Å². The summed E-state index contributed by atoms with van der Waals surface area (Å²) in [5, 5.41) is 28.9. The van der Waals surface area contributed by atoms with Gasteiger partial charge in [0, 0.05) is 17.0 Å². The van der Waals surface area contributed by atoms with E-state index in [-0.39, 0.29) is 17.4 Å². The first-order valence-corrected chi connectivity index (χ1v) is 11.3. The molecule has 0 amide bonds. The van der Waals surface area contributed by atoms with E-state index in [1.54, 1.807) is 12.1 Å². The first kappa shape index (κ1) is 19.6. The Kier molecular flexibility index (Phi) is 4.31. The quantitative estimate of drug-likeness (QED) is 0.279. The maximum absolute atomic E-state index is 10.8. The minimum absolute atomic E-state index is 0.110. The second-order valence-corrected chi connectivity index (χ2v) is 8.98. The molecule has 33 heavy (non-hydrogen) atoms. The topological polar surface area (TPSA) is 40.5 Å². The molecule has 2 N–H and O–H groups in total. The van der Waals surface area contributed by atoms with Gasteiger partial charge in [0.2, 0.25) is 0 Å². The summed E-state index contributed by atoms with van der Waals surface area (Å²) in [4.78, 5) is 0. The van der Waals surface area contributed by atoms with Crippen LogP contribution in [0.4, 0.5) is 0 Å². The van der Waals surface area contributed by atoms with Crippen molar-refractivity contribution < 1.29 is 10.2 Å². The van der Waals surface area contributed by atoms with E-state index < -0.39 is 0 Å². The normalized spacial score (nSPS) is 12.7. The maximum Gasteiger partial charge on any atom is 0.126 e. The summed E-state index contributed by atoms with van der Waals surface area (Å²) in [7, 11) is 0. The van der Waals surface area contributed by atoms with Gasteiger partial charge in [-0.05, 0) is 68.1 Å². The van der Waals surface area contributed by atoms with E-state index in [0.717, 1.165) is 11.1 Å². The average Bonchev–Trinajstić information content (AvgIpc) is 2.84. The highest BCUT2D eigenvalue weighted by molar-refractivity contribution is 6.23. The van der Waals surface area contributed by atoms with E-state index in [0.29, 0.717) is 11.1 Å². The molecule has 0 aliphatic rings. The standard InChI is InChI=1S/C31H24O2/c1-18-16-23(17-27(31(18)33)25-8-3-4-9-28(25)32)19(2)24-14-12-22-11-10-20-6-5-7-21-13-15-26(24)30(22)29(20)21/h3-17,19,32-33H,1-2H3. The van der Waals surface area contributed by atoms with Crippen molar-refractivity contribution in [2.75, 3.05) is 0 Å². The number of hydrogen-bond acceptors (Lipinski definition) is 2. The van der Waals surface area contributed by atoms with Crippen LogP contribution in [0.25, 0.3) is 43.4 Å². The number of para-hydroxylation sites is 1. The molecule has 1 atom stereocenters. The fraction of sp³-hybridized carbons (Fsp3) is 0.0968. The molecule has 0 aliphatic carbocycles. The third kappa shape index (κ3) is 2.95. The van der Waals surface area contributed by atoms with Gasteiger partial charge in [-0.25, -0.2) is 0 Å². The lowest BCUT2D eigenvalue weighted by atomic mass is 9.84. The lowest BCUT2D eigenvalue weighted by molar-refractivity contribution is 0.466. The van der Waals surface area contributed by atoms with E-state index >= 15 is 0 Å². The van der Waals surface area contributed by atoms with Crippen LogP contribution in [0.15, 0.2) is 91.0 Å². The molecule has 0 radical (unpaired) electrons. The van der Waals surface area contributed by atoms with Crippen LogP contribution in [0.2, 0.25) is 0 Å². The predicted octanol–water partition coefficient (Wildman–Crippen LogP) is 8.12. The van der Waals surface area contributed by atoms with Crippen LogP contribution in [0.1, 0.15) is 29.5 Å². The first-order valence-electron chi connectivity index (χ1n) is 11.3. The fourth-order valence-corrected chi connectivity index (χ4v) is 5.28. The second-order valence-electron chi connectivity index (χ2n) is 8.98. The van der Waals surface area contributed by atoms with Crippen LogP contribution in [0.3, 0.4) is 0 Å². The molecular weight excluding hydrogens is 404 g/mol. The maximum atomic E-state index is 10.8. The van der Waals surface area contributed by atoms with Gasteiger partial charge in [0.15, 0.2) is 0 Å². The molecule has 2 heteroatoms. The van der Waals surface area contributed by atoms with Gasteiger partial charge in [-0.2, -0.15) is 0 Å². The number of aryl methyl sites for hydroxylation is 1. The number of rotatable bonds is 3. The zero-order valence-electron chi connectivity index (χ0n) is 18.6. The Morgan fingerprint density at radius 1 is 0.636 bits per heavy atom. The van der Waals surface area contributed by atoms with Crippen LogP contribution in [-0.4, -0.2) is 10.2 Å². The molecule has 2 nitrogen and oxygen atoms in total. The molecule has 0 saturated heterocycles. The van der Waals surface area contributed by atoms with Gasteiger partial charge in [0.25, 0.3) is 0 Å². The highest BCUT2D eigenvalue weighted by Gasteiger charge is 2.19. The van der Waals surface area contributed by atoms with Crippen LogP contribution >= 0.6 is 0 Å². The molecule has 160 valence electrons. The van der Waals surface area contributed by atoms with Crippen molar-refractivity contribution in [2.45, 2.75) is 19.8 Å². The largest absolute Gasteiger partial charge is 0.507 e. The van der Waals surface area contributed by atoms with Crippen molar-refractivity contribution in [2.24, 2.45) is 0 Å². The minimum Gasteiger partial charge on any atom is -0.507 e. The van der Waals surface area contributed by atoms with Crippen molar-refractivity contribution in [1.82, 2.24) is 0 Å². The van der Waals surface area contributed by atoms with Gasteiger partial charge in [0.1, 0.15) is 11.5 Å². The van der Waals surface area contributed by atoms with Crippen molar-refractivity contribution in [3.05, 3.63) is 108 Å². The molecule has 6 aromatic carbocycles. The molecule has 6 aromatic rings. The molecule has 0 aliphatic heterocycles. The van der Waals surface area contributed by atoms with Crippen LogP contribution < -0.4 is 0 Å². The highest BCUT2D eigenvalue weighted by atomic mass is 16.3. The van der Waals surface area contributed by atoms with Crippen molar-refractivity contribution in [3.8, 4) is 22.6 Å². The number of hydrogen-bond donors (Lipinski definition) is 2. The molecular formula is C31H24O2. The molecule has 0 saturated carbocycles. The highest BCUT2D eigenvalue weighted by Crippen LogP contribution is 2.43.